The third-order valence-electron chi connectivity index (χ3n) is 3.78. The van der Waals surface area contributed by atoms with Crippen molar-refractivity contribution in [2.24, 2.45) is 0 Å². The number of tetrazole rings is 1. The van der Waals surface area contributed by atoms with Gasteiger partial charge in [-0.25, -0.2) is 4.39 Å². The molecule has 0 amide bonds. The lowest BCUT2D eigenvalue weighted by Crippen LogP contribution is -2.13. The minimum atomic E-state index is -0.251. The van der Waals surface area contributed by atoms with Crippen molar-refractivity contribution in [3.8, 4) is 11.4 Å². The lowest BCUT2D eigenvalue weighted by Gasteiger charge is -2.17. The highest BCUT2D eigenvalue weighted by Gasteiger charge is 2.18. The summed E-state index contributed by atoms with van der Waals surface area (Å²) in [5, 5.41) is 11.7. The molecule has 3 aromatic rings. The Labute approximate surface area is 126 Å². The second-order valence-electron chi connectivity index (χ2n) is 5.18. The zero-order chi connectivity index (χ0) is 14.9. The molecule has 110 valence electrons. The zero-order valence-electron chi connectivity index (χ0n) is 11.7. The van der Waals surface area contributed by atoms with Crippen LogP contribution in [0.3, 0.4) is 0 Å². The summed E-state index contributed by atoms with van der Waals surface area (Å²) >= 11 is 0. The van der Waals surface area contributed by atoms with E-state index in [1.807, 2.05) is 18.2 Å². The maximum atomic E-state index is 13.6. The van der Waals surface area contributed by atoms with Crippen molar-refractivity contribution < 1.29 is 9.13 Å². The van der Waals surface area contributed by atoms with Crippen molar-refractivity contribution in [3.63, 3.8) is 0 Å². The Hall–Kier alpha value is -2.76. The van der Waals surface area contributed by atoms with Crippen molar-refractivity contribution in [1.82, 2.24) is 20.2 Å². The molecule has 2 heterocycles. The number of fused-ring (bicyclic) bond motifs is 3. The topological polar surface area (TPSA) is 52.8 Å². The molecule has 0 saturated carbocycles. The molecule has 1 aliphatic rings. The van der Waals surface area contributed by atoms with Crippen LogP contribution in [0.15, 0.2) is 42.5 Å². The van der Waals surface area contributed by atoms with Gasteiger partial charge in [0, 0.05) is 12.0 Å². The van der Waals surface area contributed by atoms with Gasteiger partial charge in [-0.15, -0.1) is 5.10 Å². The van der Waals surface area contributed by atoms with Gasteiger partial charge in [-0.1, -0.05) is 18.2 Å². The third kappa shape index (κ3) is 2.22. The first-order valence-corrected chi connectivity index (χ1v) is 7.08. The van der Waals surface area contributed by atoms with E-state index in [0.29, 0.717) is 5.56 Å². The normalized spacial score (nSPS) is 12.6. The molecule has 1 aliphatic heterocycles. The first-order valence-electron chi connectivity index (χ1n) is 7.08. The molecule has 0 fully saturated rings. The first kappa shape index (κ1) is 12.9. The van der Waals surface area contributed by atoms with Crippen LogP contribution < -0.4 is 4.74 Å². The van der Waals surface area contributed by atoms with E-state index < -0.39 is 0 Å². The molecule has 0 bridgehead atoms. The molecule has 4 rings (SSSR count). The van der Waals surface area contributed by atoms with E-state index in [4.69, 9.17) is 4.74 Å². The van der Waals surface area contributed by atoms with E-state index >= 15 is 0 Å². The maximum Gasteiger partial charge on any atom is 0.157 e. The summed E-state index contributed by atoms with van der Waals surface area (Å²) in [6.45, 7) is 0.210. The number of nitrogens with zero attached hydrogens (tertiary/aromatic N) is 4. The summed E-state index contributed by atoms with van der Waals surface area (Å²) in [6, 6.07) is 12.4. The molecule has 2 aromatic carbocycles. The van der Waals surface area contributed by atoms with Crippen molar-refractivity contribution in [2.45, 2.75) is 19.4 Å². The molecule has 1 aromatic heterocycles. The molecule has 6 heteroatoms. The summed E-state index contributed by atoms with van der Waals surface area (Å²) in [5.41, 5.74) is 2.65. The average molecular weight is 296 g/mol. The van der Waals surface area contributed by atoms with Gasteiger partial charge in [0.05, 0.1) is 5.69 Å². The molecule has 0 aliphatic carbocycles. The fraction of sp³-hybridized carbons (Fsp3) is 0.188. The number of hydrogen-bond donors (Lipinski definition) is 0. The van der Waals surface area contributed by atoms with E-state index in [0.717, 1.165) is 35.7 Å². The van der Waals surface area contributed by atoms with E-state index in [1.54, 1.807) is 22.9 Å². The number of aromatic nitrogens is 4. The average Bonchev–Trinajstić information content (AvgIpc) is 3.03. The lowest BCUT2D eigenvalue weighted by atomic mass is 10.0. The Balaban J connectivity index is 1.57. The minimum Gasteiger partial charge on any atom is -0.489 e. The summed E-state index contributed by atoms with van der Waals surface area (Å²) in [5.74, 6) is 1.34. The minimum absolute atomic E-state index is 0.210. The number of rotatable bonds is 3. The first-order chi connectivity index (χ1) is 10.8. The van der Waals surface area contributed by atoms with E-state index in [9.17, 15) is 4.39 Å². The number of ether oxygens (including phenoxy) is 1. The summed E-state index contributed by atoms with van der Waals surface area (Å²) in [7, 11) is 0. The maximum absolute atomic E-state index is 13.6. The molecule has 0 N–H and O–H groups in total. The Morgan fingerprint density at radius 3 is 2.95 bits per heavy atom. The van der Waals surface area contributed by atoms with Gasteiger partial charge in [-0.2, -0.15) is 4.68 Å². The van der Waals surface area contributed by atoms with Crippen LogP contribution in [0.5, 0.6) is 5.75 Å². The Bertz CT molecular complexity index is 831. The van der Waals surface area contributed by atoms with Crippen LogP contribution in [-0.2, 0) is 19.4 Å². The Morgan fingerprint density at radius 1 is 1.14 bits per heavy atom. The van der Waals surface area contributed by atoms with Gasteiger partial charge in [0.2, 0.25) is 0 Å². The highest BCUT2D eigenvalue weighted by atomic mass is 19.1. The molecule has 0 saturated heterocycles. The van der Waals surface area contributed by atoms with Crippen LogP contribution in [-0.4, -0.2) is 20.2 Å². The van der Waals surface area contributed by atoms with Crippen LogP contribution in [0, 0.1) is 5.82 Å². The highest BCUT2D eigenvalue weighted by molar-refractivity contribution is 5.47. The predicted molar refractivity (Wildman–Crippen MR) is 77.3 cm³/mol. The van der Waals surface area contributed by atoms with Crippen LogP contribution in [0.1, 0.15) is 17.0 Å². The molecular formula is C16H13FN4O. The monoisotopic (exact) mass is 296 g/mol. The number of benzene rings is 2. The van der Waals surface area contributed by atoms with Crippen LogP contribution in [0.25, 0.3) is 5.69 Å². The Morgan fingerprint density at radius 2 is 2.05 bits per heavy atom. The van der Waals surface area contributed by atoms with Crippen molar-refractivity contribution >= 4 is 0 Å². The number of halogens is 1. The molecule has 0 atom stereocenters. The molecular weight excluding hydrogens is 283 g/mol. The van der Waals surface area contributed by atoms with Gasteiger partial charge in [-0.3, -0.25) is 0 Å². The Kier molecular flexibility index (Phi) is 3.07. The smallest absolute Gasteiger partial charge is 0.157 e. The van der Waals surface area contributed by atoms with Gasteiger partial charge in [0.15, 0.2) is 5.82 Å². The van der Waals surface area contributed by atoms with Crippen LogP contribution in [0.4, 0.5) is 4.39 Å². The third-order valence-corrected chi connectivity index (χ3v) is 3.78. The summed E-state index contributed by atoms with van der Waals surface area (Å²) in [6.07, 6.45) is 1.67. The van der Waals surface area contributed by atoms with Gasteiger partial charge in [0.25, 0.3) is 0 Å². The largest absolute Gasteiger partial charge is 0.489 e. The fourth-order valence-electron chi connectivity index (χ4n) is 2.63. The molecule has 0 spiro atoms. The highest BCUT2D eigenvalue weighted by Crippen LogP contribution is 2.26. The predicted octanol–water partition coefficient (Wildman–Crippen LogP) is 2.48. The second kappa shape index (κ2) is 5.22. The summed E-state index contributed by atoms with van der Waals surface area (Å²) in [4.78, 5) is 0. The van der Waals surface area contributed by atoms with Gasteiger partial charge in [-0.05, 0) is 46.7 Å². The van der Waals surface area contributed by atoms with E-state index in [1.165, 1.54) is 6.07 Å². The zero-order valence-corrected chi connectivity index (χ0v) is 11.7. The van der Waals surface area contributed by atoms with Gasteiger partial charge >= 0.3 is 0 Å². The van der Waals surface area contributed by atoms with Crippen molar-refractivity contribution in [1.29, 1.82) is 0 Å². The van der Waals surface area contributed by atoms with Crippen molar-refractivity contribution in [2.75, 3.05) is 0 Å². The SMILES string of the molecule is Fc1ccccc1COc1ccc2c(c1)CCc1nnnn1-2. The van der Waals surface area contributed by atoms with Crippen molar-refractivity contribution in [3.05, 3.63) is 65.2 Å². The van der Waals surface area contributed by atoms with Gasteiger partial charge < -0.3 is 4.74 Å². The van der Waals surface area contributed by atoms with Crippen LogP contribution in [0.2, 0.25) is 0 Å². The molecule has 22 heavy (non-hydrogen) atoms. The van der Waals surface area contributed by atoms with E-state index in [-0.39, 0.29) is 12.4 Å². The lowest BCUT2D eigenvalue weighted by molar-refractivity contribution is 0.299. The van der Waals surface area contributed by atoms with E-state index in [2.05, 4.69) is 15.5 Å². The summed E-state index contributed by atoms with van der Waals surface area (Å²) < 4.78 is 21.0. The molecule has 5 nitrogen and oxygen atoms in total. The fourth-order valence-corrected chi connectivity index (χ4v) is 2.63. The molecule has 0 radical (unpaired) electrons. The number of aryl methyl sites for hydroxylation is 2. The second-order valence-corrected chi connectivity index (χ2v) is 5.18. The van der Waals surface area contributed by atoms with Crippen LogP contribution >= 0.6 is 0 Å². The van der Waals surface area contributed by atoms with Gasteiger partial charge in [0.1, 0.15) is 18.2 Å². The quantitative estimate of drug-likeness (QED) is 0.745. The number of hydrogen-bond acceptors (Lipinski definition) is 4. The molecule has 0 unspecified atom stereocenters. The standard InChI is InChI=1S/C16H13FN4O/c17-14-4-2-1-3-12(14)10-22-13-6-7-15-11(9-13)5-8-16-18-19-20-21(15)16/h1-4,6-7,9H,5,8,10H2.